The zero-order chi connectivity index (χ0) is 13.8. The fourth-order valence-corrected chi connectivity index (χ4v) is 1.80. The molecule has 0 aliphatic heterocycles. The van der Waals surface area contributed by atoms with Crippen LogP contribution < -0.4 is 5.73 Å². The lowest BCUT2D eigenvalue weighted by Gasteiger charge is -2.29. The van der Waals surface area contributed by atoms with Gasteiger partial charge in [-0.05, 0) is 19.4 Å². The monoisotopic (exact) mass is 249 g/mol. The lowest BCUT2D eigenvalue weighted by atomic mass is 9.83. The molecule has 0 spiro atoms. The molecule has 0 heterocycles. The van der Waals surface area contributed by atoms with Gasteiger partial charge < -0.3 is 15.8 Å². The first-order chi connectivity index (χ1) is 8.39. The summed E-state index contributed by atoms with van der Waals surface area (Å²) in [5.74, 6) is -0.0741. The number of nitrogens with two attached hydrogens (primary N) is 1. The van der Waals surface area contributed by atoms with Crippen molar-refractivity contribution in [2.24, 2.45) is 10.9 Å². The predicted octanol–water partition coefficient (Wildman–Crippen LogP) is 1.17. The Morgan fingerprint density at radius 2 is 1.94 bits per heavy atom. The van der Waals surface area contributed by atoms with E-state index in [2.05, 4.69) is 5.16 Å². The predicted molar refractivity (Wildman–Crippen MR) is 70.5 cm³/mol. The van der Waals surface area contributed by atoms with Gasteiger partial charge >= 0.3 is 0 Å². The topological polar surface area (TPSA) is 78.9 Å². The van der Waals surface area contributed by atoms with Crippen molar-refractivity contribution >= 4 is 11.7 Å². The van der Waals surface area contributed by atoms with Gasteiger partial charge in [-0.3, -0.25) is 4.79 Å². The Hall–Kier alpha value is -2.04. The van der Waals surface area contributed by atoms with E-state index in [1.54, 1.807) is 7.05 Å². The van der Waals surface area contributed by atoms with Crippen LogP contribution in [0.5, 0.6) is 0 Å². The molecule has 1 rings (SSSR count). The minimum atomic E-state index is -0.647. The number of hydrogen-bond acceptors (Lipinski definition) is 3. The van der Waals surface area contributed by atoms with E-state index in [0.717, 1.165) is 5.56 Å². The summed E-state index contributed by atoms with van der Waals surface area (Å²) in [6, 6.07) is 9.52. The second kappa shape index (κ2) is 5.53. The van der Waals surface area contributed by atoms with Crippen LogP contribution >= 0.6 is 0 Å². The largest absolute Gasteiger partial charge is 0.409 e. The highest BCUT2D eigenvalue weighted by Crippen LogP contribution is 2.24. The summed E-state index contributed by atoms with van der Waals surface area (Å²) in [6.07, 6.45) is 0. The molecule has 98 valence electrons. The van der Waals surface area contributed by atoms with Crippen LogP contribution in [0.2, 0.25) is 0 Å². The highest BCUT2D eigenvalue weighted by Gasteiger charge is 2.32. The summed E-state index contributed by atoms with van der Waals surface area (Å²) in [5.41, 5.74) is 5.68. The van der Waals surface area contributed by atoms with E-state index in [-0.39, 0.29) is 18.3 Å². The fraction of sp³-hybridized carbons (Fsp3) is 0.385. The highest BCUT2D eigenvalue weighted by atomic mass is 16.4. The van der Waals surface area contributed by atoms with Crippen LogP contribution in [0.3, 0.4) is 0 Å². The number of benzene rings is 1. The lowest BCUT2D eigenvalue weighted by molar-refractivity contribution is -0.134. The molecule has 1 aromatic carbocycles. The number of amides is 1. The Kier molecular flexibility index (Phi) is 4.31. The van der Waals surface area contributed by atoms with Gasteiger partial charge in [0.05, 0.1) is 12.0 Å². The molecule has 0 aromatic heterocycles. The number of carbonyl (C=O) groups is 1. The number of amidine groups is 1. The molecule has 3 N–H and O–H groups in total. The Labute approximate surface area is 107 Å². The van der Waals surface area contributed by atoms with Gasteiger partial charge in [0.1, 0.15) is 0 Å². The smallest absolute Gasteiger partial charge is 0.232 e. The van der Waals surface area contributed by atoms with E-state index in [0.29, 0.717) is 0 Å². The normalized spacial score (nSPS) is 12.3. The summed E-state index contributed by atoms with van der Waals surface area (Å²) in [7, 11) is 1.63. The Balaban J connectivity index is 2.89. The number of hydrogen-bond donors (Lipinski definition) is 2. The zero-order valence-corrected chi connectivity index (χ0v) is 10.9. The van der Waals surface area contributed by atoms with Crippen LogP contribution in [0.4, 0.5) is 0 Å². The van der Waals surface area contributed by atoms with Crippen molar-refractivity contribution in [1.82, 2.24) is 4.90 Å². The van der Waals surface area contributed by atoms with Crippen LogP contribution in [0.15, 0.2) is 35.5 Å². The minimum absolute atomic E-state index is 0.00899. The maximum atomic E-state index is 12.4. The SMILES string of the molecule is CN(CC(N)=NO)C(=O)C(C)(C)c1ccccc1. The molecule has 5 nitrogen and oxygen atoms in total. The molecule has 0 atom stereocenters. The minimum Gasteiger partial charge on any atom is -0.409 e. The van der Waals surface area contributed by atoms with Gasteiger partial charge in [-0.2, -0.15) is 0 Å². The van der Waals surface area contributed by atoms with Crippen molar-refractivity contribution in [1.29, 1.82) is 0 Å². The maximum Gasteiger partial charge on any atom is 0.232 e. The van der Waals surface area contributed by atoms with Crippen molar-refractivity contribution in [3.8, 4) is 0 Å². The summed E-state index contributed by atoms with van der Waals surface area (Å²) in [5, 5.41) is 11.4. The maximum absolute atomic E-state index is 12.4. The summed E-state index contributed by atoms with van der Waals surface area (Å²) in [4.78, 5) is 13.8. The van der Waals surface area contributed by atoms with Crippen molar-refractivity contribution < 1.29 is 10.0 Å². The van der Waals surface area contributed by atoms with Gasteiger partial charge in [0, 0.05) is 7.05 Å². The molecular formula is C13H19N3O2. The standard InChI is InChI=1S/C13H19N3O2/c1-13(2,10-7-5-4-6-8-10)12(17)16(3)9-11(14)15-18/h4-8,18H,9H2,1-3H3,(H2,14,15). The van der Waals surface area contributed by atoms with Gasteiger partial charge in [-0.25, -0.2) is 0 Å². The Bertz CT molecular complexity index is 441. The fourth-order valence-electron chi connectivity index (χ4n) is 1.80. The van der Waals surface area contributed by atoms with E-state index in [1.807, 2.05) is 44.2 Å². The van der Waals surface area contributed by atoms with E-state index in [4.69, 9.17) is 10.9 Å². The van der Waals surface area contributed by atoms with Gasteiger partial charge in [-0.15, -0.1) is 0 Å². The van der Waals surface area contributed by atoms with Crippen LogP contribution in [-0.4, -0.2) is 35.4 Å². The molecule has 0 aliphatic rings. The first kappa shape index (κ1) is 14.0. The van der Waals surface area contributed by atoms with E-state index < -0.39 is 5.41 Å². The molecule has 0 unspecified atom stereocenters. The number of likely N-dealkylation sites (N-methyl/N-ethyl adjacent to an activating group) is 1. The third kappa shape index (κ3) is 3.00. The average molecular weight is 249 g/mol. The summed E-state index contributed by atoms with van der Waals surface area (Å²) >= 11 is 0. The highest BCUT2D eigenvalue weighted by molar-refractivity contribution is 5.91. The van der Waals surface area contributed by atoms with Gasteiger partial charge in [-0.1, -0.05) is 35.5 Å². The number of rotatable bonds is 4. The molecule has 5 heteroatoms. The molecule has 0 saturated heterocycles. The van der Waals surface area contributed by atoms with Crippen molar-refractivity contribution in [3.05, 3.63) is 35.9 Å². The molecule has 1 aromatic rings. The third-order valence-corrected chi connectivity index (χ3v) is 2.90. The third-order valence-electron chi connectivity index (χ3n) is 2.90. The van der Waals surface area contributed by atoms with Gasteiger partial charge in [0.15, 0.2) is 5.84 Å². The lowest BCUT2D eigenvalue weighted by Crippen LogP contribution is -2.44. The van der Waals surface area contributed by atoms with Gasteiger partial charge in [0.25, 0.3) is 0 Å². The van der Waals surface area contributed by atoms with Crippen molar-refractivity contribution in [3.63, 3.8) is 0 Å². The van der Waals surface area contributed by atoms with Crippen LogP contribution in [0.25, 0.3) is 0 Å². The van der Waals surface area contributed by atoms with Crippen molar-refractivity contribution in [2.75, 3.05) is 13.6 Å². The Morgan fingerprint density at radius 3 is 2.44 bits per heavy atom. The zero-order valence-electron chi connectivity index (χ0n) is 10.9. The van der Waals surface area contributed by atoms with Crippen LogP contribution in [0.1, 0.15) is 19.4 Å². The summed E-state index contributed by atoms with van der Waals surface area (Å²) in [6.45, 7) is 3.81. The quantitative estimate of drug-likeness (QED) is 0.364. The molecular weight excluding hydrogens is 230 g/mol. The number of nitrogens with zero attached hydrogens (tertiary/aromatic N) is 2. The second-order valence-corrected chi connectivity index (χ2v) is 4.74. The molecule has 0 aliphatic carbocycles. The molecule has 0 saturated carbocycles. The first-order valence-electron chi connectivity index (χ1n) is 5.67. The molecule has 0 bridgehead atoms. The van der Waals surface area contributed by atoms with E-state index in [9.17, 15) is 4.79 Å². The molecule has 0 radical (unpaired) electrons. The molecule has 18 heavy (non-hydrogen) atoms. The molecule has 0 fully saturated rings. The van der Waals surface area contributed by atoms with Crippen LogP contribution in [-0.2, 0) is 10.2 Å². The van der Waals surface area contributed by atoms with E-state index >= 15 is 0 Å². The van der Waals surface area contributed by atoms with E-state index in [1.165, 1.54) is 4.90 Å². The Morgan fingerprint density at radius 1 is 1.39 bits per heavy atom. The van der Waals surface area contributed by atoms with Crippen molar-refractivity contribution in [2.45, 2.75) is 19.3 Å². The van der Waals surface area contributed by atoms with Gasteiger partial charge in [0.2, 0.25) is 5.91 Å². The summed E-state index contributed by atoms with van der Waals surface area (Å²) < 4.78 is 0. The molecule has 1 amide bonds. The second-order valence-electron chi connectivity index (χ2n) is 4.74. The number of carbonyl (C=O) groups excluding carboxylic acids is 1. The van der Waals surface area contributed by atoms with Crippen LogP contribution in [0, 0.1) is 0 Å². The first-order valence-corrected chi connectivity index (χ1v) is 5.67. The number of oxime groups is 1. The average Bonchev–Trinajstić information content (AvgIpc) is 2.38.